The Bertz CT molecular complexity index is 544. The van der Waals surface area contributed by atoms with Crippen LogP contribution in [-0.4, -0.2) is 36.0 Å². The van der Waals surface area contributed by atoms with Gasteiger partial charge in [0.05, 0.1) is 5.92 Å². The molecule has 4 heteroatoms. The third-order valence-electron chi connectivity index (χ3n) is 5.33. The minimum absolute atomic E-state index is 0.0473. The molecular formula is C19H28N2O2. The summed E-state index contributed by atoms with van der Waals surface area (Å²) in [5, 5.41) is 0. The van der Waals surface area contributed by atoms with Crippen molar-refractivity contribution in [2.45, 2.75) is 58.1 Å². The number of para-hydroxylation sites is 1. The Hall–Kier alpha value is -1.55. The quantitative estimate of drug-likeness (QED) is 0.933. The number of carbonyl (C=O) groups is 1. The molecule has 0 unspecified atom stereocenters. The third-order valence-corrected chi connectivity index (χ3v) is 5.33. The molecule has 0 radical (unpaired) electrons. The highest BCUT2D eigenvalue weighted by Gasteiger charge is 2.35. The lowest BCUT2D eigenvalue weighted by Crippen LogP contribution is -2.47. The van der Waals surface area contributed by atoms with Gasteiger partial charge in [-0.1, -0.05) is 24.6 Å². The van der Waals surface area contributed by atoms with Crippen LogP contribution in [0.3, 0.4) is 0 Å². The number of likely N-dealkylation sites (tertiary alicyclic amines) is 1. The van der Waals surface area contributed by atoms with Gasteiger partial charge in [-0.3, -0.25) is 4.79 Å². The number of benzene rings is 1. The SMILES string of the molecule is Cc1cccc(C)c1OC1CCN(C(=O)[C@@H]2CCC[C@H]2N)CC1. The van der Waals surface area contributed by atoms with E-state index in [1.165, 1.54) is 11.1 Å². The predicted molar refractivity (Wildman–Crippen MR) is 91.5 cm³/mol. The molecule has 2 atom stereocenters. The zero-order chi connectivity index (χ0) is 16.4. The van der Waals surface area contributed by atoms with E-state index in [-0.39, 0.29) is 24.0 Å². The Kier molecular flexibility index (Phi) is 4.90. The first-order chi connectivity index (χ1) is 11.1. The van der Waals surface area contributed by atoms with Crippen molar-refractivity contribution >= 4 is 5.91 Å². The Morgan fingerprint density at radius 2 is 1.78 bits per heavy atom. The van der Waals surface area contributed by atoms with Gasteiger partial charge in [-0.25, -0.2) is 0 Å². The number of rotatable bonds is 3. The second-order valence-corrected chi connectivity index (χ2v) is 7.06. The maximum Gasteiger partial charge on any atom is 0.227 e. The second kappa shape index (κ2) is 6.91. The maximum atomic E-state index is 12.6. The van der Waals surface area contributed by atoms with Crippen molar-refractivity contribution in [2.24, 2.45) is 11.7 Å². The van der Waals surface area contributed by atoms with Crippen molar-refractivity contribution < 1.29 is 9.53 Å². The van der Waals surface area contributed by atoms with Gasteiger partial charge in [-0.05, 0) is 37.8 Å². The first kappa shape index (κ1) is 16.3. The first-order valence-electron chi connectivity index (χ1n) is 8.83. The van der Waals surface area contributed by atoms with Gasteiger partial charge in [0, 0.05) is 32.0 Å². The molecule has 23 heavy (non-hydrogen) atoms. The molecule has 1 aromatic rings. The lowest BCUT2D eigenvalue weighted by molar-refractivity contribution is -0.137. The first-order valence-corrected chi connectivity index (χ1v) is 8.83. The summed E-state index contributed by atoms with van der Waals surface area (Å²) in [6.45, 7) is 5.75. The van der Waals surface area contributed by atoms with Crippen molar-refractivity contribution in [2.75, 3.05) is 13.1 Å². The Morgan fingerprint density at radius 3 is 2.35 bits per heavy atom. The molecule has 1 amide bonds. The van der Waals surface area contributed by atoms with Crippen LogP contribution in [0.25, 0.3) is 0 Å². The topological polar surface area (TPSA) is 55.6 Å². The summed E-state index contributed by atoms with van der Waals surface area (Å²) < 4.78 is 6.23. The summed E-state index contributed by atoms with van der Waals surface area (Å²) in [7, 11) is 0. The largest absolute Gasteiger partial charge is 0.490 e. The maximum absolute atomic E-state index is 12.6. The molecule has 1 saturated heterocycles. The number of carbonyl (C=O) groups excluding carboxylic acids is 1. The minimum Gasteiger partial charge on any atom is -0.490 e. The van der Waals surface area contributed by atoms with E-state index in [1.807, 2.05) is 4.90 Å². The predicted octanol–water partition coefficient (Wildman–Crippen LogP) is 2.80. The van der Waals surface area contributed by atoms with Gasteiger partial charge >= 0.3 is 0 Å². The van der Waals surface area contributed by atoms with E-state index in [9.17, 15) is 4.79 Å². The number of piperidine rings is 1. The molecule has 1 saturated carbocycles. The lowest BCUT2D eigenvalue weighted by Gasteiger charge is -2.34. The van der Waals surface area contributed by atoms with Crippen molar-refractivity contribution in [1.82, 2.24) is 4.90 Å². The van der Waals surface area contributed by atoms with Gasteiger partial charge in [0.2, 0.25) is 5.91 Å². The number of ether oxygens (including phenoxy) is 1. The van der Waals surface area contributed by atoms with Crippen LogP contribution >= 0.6 is 0 Å². The molecule has 1 aliphatic carbocycles. The van der Waals surface area contributed by atoms with Crippen LogP contribution in [0, 0.1) is 19.8 Å². The summed E-state index contributed by atoms with van der Waals surface area (Å²) in [6, 6.07) is 6.29. The highest BCUT2D eigenvalue weighted by molar-refractivity contribution is 5.80. The zero-order valence-corrected chi connectivity index (χ0v) is 14.3. The van der Waals surface area contributed by atoms with Crippen molar-refractivity contribution in [3.05, 3.63) is 29.3 Å². The van der Waals surface area contributed by atoms with E-state index < -0.39 is 0 Å². The van der Waals surface area contributed by atoms with Gasteiger partial charge in [-0.15, -0.1) is 0 Å². The van der Waals surface area contributed by atoms with E-state index in [0.717, 1.165) is 50.9 Å². The van der Waals surface area contributed by atoms with E-state index in [2.05, 4.69) is 32.0 Å². The average Bonchev–Trinajstić information content (AvgIpc) is 2.97. The van der Waals surface area contributed by atoms with Crippen LogP contribution in [0.15, 0.2) is 18.2 Å². The second-order valence-electron chi connectivity index (χ2n) is 7.06. The van der Waals surface area contributed by atoms with Crippen LogP contribution in [0.5, 0.6) is 5.75 Å². The smallest absolute Gasteiger partial charge is 0.227 e. The Labute approximate surface area is 139 Å². The van der Waals surface area contributed by atoms with E-state index in [1.54, 1.807) is 0 Å². The highest BCUT2D eigenvalue weighted by Crippen LogP contribution is 2.29. The van der Waals surface area contributed by atoms with E-state index in [4.69, 9.17) is 10.5 Å². The van der Waals surface area contributed by atoms with E-state index in [0.29, 0.717) is 0 Å². The van der Waals surface area contributed by atoms with Gasteiger partial charge in [0.15, 0.2) is 0 Å². The fourth-order valence-electron chi connectivity index (χ4n) is 3.88. The summed E-state index contributed by atoms with van der Waals surface area (Å²) in [6.07, 6.45) is 5.05. The van der Waals surface area contributed by atoms with Crippen LogP contribution in [0.1, 0.15) is 43.2 Å². The molecule has 1 heterocycles. The normalized spacial score (nSPS) is 25.6. The van der Waals surface area contributed by atoms with Crippen LogP contribution in [-0.2, 0) is 4.79 Å². The van der Waals surface area contributed by atoms with Crippen LogP contribution in [0.4, 0.5) is 0 Å². The zero-order valence-electron chi connectivity index (χ0n) is 14.3. The number of amides is 1. The molecule has 2 fully saturated rings. The molecule has 0 spiro atoms. The van der Waals surface area contributed by atoms with E-state index >= 15 is 0 Å². The minimum atomic E-state index is 0.0473. The molecule has 2 aliphatic rings. The molecule has 1 aliphatic heterocycles. The number of nitrogens with two attached hydrogens (primary N) is 1. The number of hydrogen-bond acceptors (Lipinski definition) is 3. The fraction of sp³-hybridized carbons (Fsp3) is 0.632. The van der Waals surface area contributed by atoms with Crippen molar-refractivity contribution in [1.29, 1.82) is 0 Å². The van der Waals surface area contributed by atoms with Gasteiger partial charge in [0.1, 0.15) is 11.9 Å². The number of aryl methyl sites for hydroxylation is 2. The van der Waals surface area contributed by atoms with Crippen LogP contribution < -0.4 is 10.5 Å². The highest BCUT2D eigenvalue weighted by atomic mass is 16.5. The summed E-state index contributed by atoms with van der Waals surface area (Å²) in [4.78, 5) is 14.6. The Morgan fingerprint density at radius 1 is 1.13 bits per heavy atom. The van der Waals surface area contributed by atoms with Gasteiger partial charge in [-0.2, -0.15) is 0 Å². The van der Waals surface area contributed by atoms with Gasteiger partial charge in [0.25, 0.3) is 0 Å². The Balaban J connectivity index is 1.55. The molecule has 0 aromatic heterocycles. The molecule has 1 aromatic carbocycles. The van der Waals surface area contributed by atoms with Crippen molar-refractivity contribution in [3.63, 3.8) is 0 Å². The third kappa shape index (κ3) is 3.52. The monoisotopic (exact) mass is 316 g/mol. The van der Waals surface area contributed by atoms with Gasteiger partial charge < -0.3 is 15.4 Å². The molecule has 4 nitrogen and oxygen atoms in total. The standard InChI is InChI=1S/C19H28N2O2/c1-13-5-3-6-14(2)18(13)23-15-9-11-21(12-10-15)19(22)16-7-4-8-17(16)20/h3,5-6,15-17H,4,7-12,20H2,1-2H3/t16-,17-/m1/s1. The molecule has 126 valence electrons. The van der Waals surface area contributed by atoms with Crippen molar-refractivity contribution in [3.8, 4) is 5.75 Å². The molecule has 2 N–H and O–H groups in total. The molecule has 3 rings (SSSR count). The molecule has 0 bridgehead atoms. The average molecular weight is 316 g/mol. The number of hydrogen-bond donors (Lipinski definition) is 1. The van der Waals surface area contributed by atoms with Crippen LogP contribution in [0.2, 0.25) is 0 Å². The summed E-state index contributed by atoms with van der Waals surface area (Å²) in [5.74, 6) is 1.32. The summed E-state index contributed by atoms with van der Waals surface area (Å²) >= 11 is 0. The molecular weight excluding hydrogens is 288 g/mol. The number of nitrogens with zero attached hydrogens (tertiary/aromatic N) is 1. The lowest BCUT2D eigenvalue weighted by atomic mass is 10.00. The summed E-state index contributed by atoms with van der Waals surface area (Å²) in [5.41, 5.74) is 8.44. The fourth-order valence-corrected chi connectivity index (χ4v) is 3.88.